The molecule has 2 aromatic rings. The minimum Gasteiger partial charge on any atom is -0.393 e. The molecule has 2 heteroatoms. The minimum atomic E-state index is -0.247. The number of aliphatic hydroxyl groups is 1. The Morgan fingerprint density at radius 1 is 0.920 bits per heavy atom. The zero-order valence-electron chi connectivity index (χ0n) is 15.5. The van der Waals surface area contributed by atoms with Crippen molar-refractivity contribution in [2.75, 3.05) is 7.05 Å². The van der Waals surface area contributed by atoms with Crippen LogP contribution in [0.2, 0.25) is 0 Å². The van der Waals surface area contributed by atoms with Crippen molar-refractivity contribution < 1.29 is 5.11 Å². The highest BCUT2D eigenvalue weighted by molar-refractivity contribution is 5.25. The summed E-state index contributed by atoms with van der Waals surface area (Å²) in [5, 5.41) is 11.0. The van der Waals surface area contributed by atoms with Gasteiger partial charge in [0.1, 0.15) is 0 Å². The average molecular weight is 338 g/mol. The van der Waals surface area contributed by atoms with E-state index in [1.54, 1.807) is 0 Å². The van der Waals surface area contributed by atoms with E-state index in [9.17, 15) is 5.11 Å². The van der Waals surface area contributed by atoms with Crippen LogP contribution in [-0.4, -0.2) is 23.2 Å². The molecule has 3 rings (SSSR count). The van der Waals surface area contributed by atoms with Gasteiger partial charge in [0.15, 0.2) is 0 Å². The maximum Gasteiger partial charge on any atom is 0.0604 e. The molecule has 1 N–H and O–H groups in total. The lowest BCUT2D eigenvalue weighted by molar-refractivity contribution is -0.0445. The maximum atomic E-state index is 11.0. The van der Waals surface area contributed by atoms with E-state index < -0.39 is 0 Å². The van der Waals surface area contributed by atoms with Crippen LogP contribution in [-0.2, 0) is 0 Å². The lowest BCUT2D eigenvalue weighted by atomic mass is 9.76. The Bertz CT molecular complexity index is 627. The van der Waals surface area contributed by atoms with E-state index in [1.165, 1.54) is 30.4 Å². The Hall–Kier alpha value is -1.64. The third-order valence-electron chi connectivity index (χ3n) is 5.76. The van der Waals surface area contributed by atoms with Gasteiger partial charge in [0.05, 0.1) is 6.10 Å². The van der Waals surface area contributed by atoms with Crippen molar-refractivity contribution in [1.82, 2.24) is 4.90 Å². The Morgan fingerprint density at radius 2 is 1.52 bits per heavy atom. The molecule has 0 aromatic heterocycles. The van der Waals surface area contributed by atoms with Crippen LogP contribution in [0.3, 0.4) is 0 Å². The first-order chi connectivity index (χ1) is 12.2. The maximum absolute atomic E-state index is 11.0. The van der Waals surface area contributed by atoms with E-state index in [1.807, 2.05) is 0 Å². The van der Waals surface area contributed by atoms with Crippen LogP contribution in [0.25, 0.3) is 0 Å². The highest BCUT2D eigenvalue weighted by Crippen LogP contribution is 2.45. The molecule has 1 saturated heterocycles. The molecule has 134 valence electrons. The van der Waals surface area contributed by atoms with Crippen LogP contribution in [0.5, 0.6) is 0 Å². The molecule has 1 heterocycles. The number of unbranched alkanes of at least 4 members (excludes halogenated alkanes) is 2. The predicted molar refractivity (Wildman–Crippen MR) is 104 cm³/mol. The summed E-state index contributed by atoms with van der Waals surface area (Å²) in [6.07, 6.45) is 5.34. The molecule has 4 atom stereocenters. The van der Waals surface area contributed by atoms with Gasteiger partial charge in [-0.25, -0.2) is 0 Å². The molecule has 0 aliphatic carbocycles. The van der Waals surface area contributed by atoms with E-state index >= 15 is 0 Å². The lowest BCUT2D eigenvalue weighted by Gasteiger charge is -2.47. The number of benzene rings is 2. The van der Waals surface area contributed by atoms with Gasteiger partial charge < -0.3 is 5.11 Å². The lowest BCUT2D eigenvalue weighted by Crippen LogP contribution is -2.45. The van der Waals surface area contributed by atoms with Crippen molar-refractivity contribution in [3.05, 3.63) is 71.8 Å². The van der Waals surface area contributed by atoms with E-state index in [4.69, 9.17) is 0 Å². The fraction of sp³-hybridized carbons (Fsp3) is 0.478. The van der Waals surface area contributed by atoms with Crippen LogP contribution in [0.1, 0.15) is 62.2 Å². The van der Waals surface area contributed by atoms with E-state index in [0.29, 0.717) is 5.92 Å². The molecule has 0 saturated carbocycles. The number of piperidine rings is 1. The quantitative estimate of drug-likeness (QED) is 0.717. The number of aliphatic hydroxyl groups excluding tert-OH is 1. The molecule has 2 nitrogen and oxygen atoms in total. The van der Waals surface area contributed by atoms with Gasteiger partial charge in [-0.15, -0.1) is 0 Å². The molecule has 1 aliphatic rings. The molecule has 1 aliphatic heterocycles. The first-order valence-corrected chi connectivity index (χ1v) is 9.72. The molecule has 0 amide bonds. The van der Waals surface area contributed by atoms with Crippen LogP contribution in [0, 0.1) is 5.92 Å². The van der Waals surface area contributed by atoms with Crippen molar-refractivity contribution >= 4 is 0 Å². The SMILES string of the molecule is CCCCC[C@H]1[C@H](O)C[C@@H](c2ccccc2)N(C)[C@@H]1c1ccccc1. The van der Waals surface area contributed by atoms with Gasteiger partial charge in [0, 0.05) is 18.0 Å². The largest absolute Gasteiger partial charge is 0.393 e. The number of likely N-dealkylation sites (tertiary alicyclic amines) is 1. The standard InChI is InChI=1S/C23H31NO/c1-3-4-7-16-20-22(25)17-21(18-12-8-5-9-13-18)24(2)23(20)19-14-10-6-11-15-19/h5-6,8-15,20-23,25H,3-4,7,16-17H2,1-2H3/t20-,21-,22+,23+/m0/s1. The first-order valence-electron chi connectivity index (χ1n) is 9.72. The van der Waals surface area contributed by atoms with Crippen molar-refractivity contribution in [2.45, 2.75) is 57.2 Å². The third kappa shape index (κ3) is 4.13. The van der Waals surface area contributed by atoms with Gasteiger partial charge in [-0.3, -0.25) is 4.90 Å². The normalized spacial score (nSPS) is 27.3. The Kier molecular flexibility index (Phi) is 6.28. The smallest absolute Gasteiger partial charge is 0.0604 e. The van der Waals surface area contributed by atoms with Crippen LogP contribution < -0.4 is 0 Å². The molecule has 1 fully saturated rings. The second-order valence-electron chi connectivity index (χ2n) is 7.41. The van der Waals surface area contributed by atoms with Gasteiger partial charge in [-0.1, -0.05) is 86.8 Å². The summed E-state index contributed by atoms with van der Waals surface area (Å²) in [4.78, 5) is 2.49. The summed E-state index contributed by atoms with van der Waals surface area (Å²) >= 11 is 0. The number of nitrogens with zero attached hydrogens (tertiary/aromatic N) is 1. The molecule has 2 aromatic carbocycles. The topological polar surface area (TPSA) is 23.5 Å². The fourth-order valence-corrected chi connectivity index (χ4v) is 4.44. The van der Waals surface area contributed by atoms with Gasteiger partial charge in [-0.05, 0) is 31.0 Å². The summed E-state index contributed by atoms with van der Waals surface area (Å²) in [5.74, 6) is 0.305. The second-order valence-corrected chi connectivity index (χ2v) is 7.41. The van der Waals surface area contributed by atoms with Gasteiger partial charge in [-0.2, -0.15) is 0 Å². The van der Waals surface area contributed by atoms with Crippen molar-refractivity contribution in [3.8, 4) is 0 Å². The van der Waals surface area contributed by atoms with Crippen LogP contribution >= 0.6 is 0 Å². The fourth-order valence-electron chi connectivity index (χ4n) is 4.44. The van der Waals surface area contributed by atoms with Crippen molar-refractivity contribution in [3.63, 3.8) is 0 Å². The number of hydrogen-bond donors (Lipinski definition) is 1. The molecular formula is C23H31NO. The van der Waals surface area contributed by atoms with Gasteiger partial charge >= 0.3 is 0 Å². The molecular weight excluding hydrogens is 306 g/mol. The van der Waals surface area contributed by atoms with E-state index in [-0.39, 0.29) is 18.2 Å². The Labute approximate surface area is 152 Å². The first kappa shape index (κ1) is 18.2. The Balaban J connectivity index is 1.90. The number of rotatable bonds is 6. The Morgan fingerprint density at radius 3 is 2.12 bits per heavy atom. The summed E-state index contributed by atoms with van der Waals surface area (Å²) in [5.41, 5.74) is 2.63. The second kappa shape index (κ2) is 8.64. The summed E-state index contributed by atoms with van der Waals surface area (Å²) in [6.45, 7) is 2.24. The molecule has 0 bridgehead atoms. The number of hydrogen-bond acceptors (Lipinski definition) is 2. The minimum absolute atomic E-state index is 0.247. The van der Waals surface area contributed by atoms with E-state index in [0.717, 1.165) is 12.8 Å². The average Bonchev–Trinajstić information content (AvgIpc) is 2.66. The zero-order chi connectivity index (χ0) is 17.6. The predicted octanol–water partition coefficient (Wildman–Crippen LogP) is 5.36. The van der Waals surface area contributed by atoms with Crippen LogP contribution in [0.4, 0.5) is 0 Å². The monoisotopic (exact) mass is 337 g/mol. The van der Waals surface area contributed by atoms with Gasteiger partial charge in [0.2, 0.25) is 0 Å². The summed E-state index contributed by atoms with van der Waals surface area (Å²) in [6, 6.07) is 21.9. The molecule has 25 heavy (non-hydrogen) atoms. The highest BCUT2D eigenvalue weighted by Gasteiger charge is 2.41. The van der Waals surface area contributed by atoms with E-state index in [2.05, 4.69) is 79.5 Å². The molecule has 0 spiro atoms. The highest BCUT2D eigenvalue weighted by atomic mass is 16.3. The summed E-state index contributed by atoms with van der Waals surface area (Å²) < 4.78 is 0. The van der Waals surface area contributed by atoms with Crippen molar-refractivity contribution in [2.24, 2.45) is 5.92 Å². The van der Waals surface area contributed by atoms with Gasteiger partial charge in [0.25, 0.3) is 0 Å². The third-order valence-corrected chi connectivity index (χ3v) is 5.76. The molecule has 0 unspecified atom stereocenters. The van der Waals surface area contributed by atoms with Crippen molar-refractivity contribution in [1.29, 1.82) is 0 Å². The molecule has 0 radical (unpaired) electrons. The summed E-state index contributed by atoms with van der Waals surface area (Å²) in [7, 11) is 2.23. The zero-order valence-corrected chi connectivity index (χ0v) is 15.5. The van der Waals surface area contributed by atoms with Crippen LogP contribution in [0.15, 0.2) is 60.7 Å².